The lowest BCUT2D eigenvalue weighted by molar-refractivity contribution is 0.199. The molecule has 1 atom stereocenters. The van der Waals surface area contributed by atoms with Crippen LogP contribution in [0.2, 0.25) is 0 Å². The molecule has 1 unspecified atom stereocenters. The van der Waals surface area contributed by atoms with Crippen molar-refractivity contribution in [3.8, 4) is 0 Å². The van der Waals surface area contributed by atoms with Gasteiger partial charge < -0.3 is 10.1 Å². The summed E-state index contributed by atoms with van der Waals surface area (Å²) >= 11 is 1.84. The van der Waals surface area contributed by atoms with E-state index in [1.54, 1.807) is 12.3 Å². The number of hydrogen-bond acceptors (Lipinski definition) is 5. The lowest BCUT2D eigenvalue weighted by atomic mass is 10.2. The third kappa shape index (κ3) is 3.24. The van der Waals surface area contributed by atoms with E-state index in [0.29, 0.717) is 16.5 Å². The van der Waals surface area contributed by atoms with E-state index in [1.165, 1.54) is 17.0 Å². The first kappa shape index (κ1) is 16.5. The van der Waals surface area contributed by atoms with Gasteiger partial charge >= 0.3 is 0 Å². The van der Waals surface area contributed by atoms with Crippen molar-refractivity contribution in [2.45, 2.75) is 16.6 Å². The molecule has 5 rings (SSSR count). The smallest absolute Gasteiger partial charge is 0.160 e. The monoisotopic (exact) mass is 380 g/mol. The van der Waals surface area contributed by atoms with Crippen molar-refractivity contribution in [1.29, 1.82) is 0 Å². The zero-order chi connectivity index (χ0) is 18.2. The number of aromatic amines is 1. The maximum absolute atomic E-state index is 13.6. The first-order chi connectivity index (χ1) is 13.3. The number of ether oxygens (including phenoxy) is 1. The third-order valence-electron chi connectivity index (χ3n) is 4.68. The quantitative estimate of drug-likeness (QED) is 0.529. The number of pyridine rings is 1. The highest BCUT2D eigenvalue weighted by Crippen LogP contribution is 2.34. The van der Waals surface area contributed by atoms with E-state index in [0.717, 1.165) is 41.7 Å². The van der Waals surface area contributed by atoms with Gasteiger partial charge in [-0.3, -0.25) is 10.1 Å². The molecule has 2 aromatic carbocycles. The summed E-state index contributed by atoms with van der Waals surface area (Å²) in [4.78, 5) is 5.65. The molecule has 0 bridgehead atoms. The van der Waals surface area contributed by atoms with Crippen LogP contribution in [0, 0.1) is 5.82 Å². The molecule has 2 N–H and O–H groups in total. The Labute approximate surface area is 159 Å². The first-order valence-electron chi connectivity index (χ1n) is 8.80. The van der Waals surface area contributed by atoms with E-state index in [9.17, 15) is 4.39 Å². The molecule has 0 spiro atoms. The zero-order valence-electron chi connectivity index (χ0n) is 14.4. The SMILES string of the molecule is Fc1ccc2[nH]nc(Nc3ccnc4ccc(SC5CCOC5)cc34)c2c1. The van der Waals surface area contributed by atoms with Crippen molar-refractivity contribution in [3.63, 3.8) is 0 Å². The molecule has 3 heterocycles. The van der Waals surface area contributed by atoms with Crippen LogP contribution in [0.25, 0.3) is 21.8 Å². The Bertz CT molecular complexity index is 1120. The maximum atomic E-state index is 13.6. The van der Waals surface area contributed by atoms with Crippen molar-refractivity contribution in [1.82, 2.24) is 15.2 Å². The highest BCUT2D eigenvalue weighted by molar-refractivity contribution is 8.00. The van der Waals surface area contributed by atoms with Gasteiger partial charge in [-0.05, 0) is 48.9 Å². The van der Waals surface area contributed by atoms with Crippen molar-refractivity contribution < 1.29 is 9.13 Å². The molecule has 136 valence electrons. The van der Waals surface area contributed by atoms with Gasteiger partial charge in [0.1, 0.15) is 5.82 Å². The van der Waals surface area contributed by atoms with Gasteiger partial charge in [-0.25, -0.2) is 4.39 Å². The standard InChI is InChI=1S/C20H17FN4OS/c21-12-1-3-19-16(9-12)20(25-24-19)23-18-5-7-22-17-4-2-13(10-15(17)18)27-14-6-8-26-11-14/h1-5,7,9-10,14H,6,8,11H2,(H2,22,23,24,25). The van der Waals surface area contributed by atoms with Gasteiger partial charge in [-0.2, -0.15) is 5.10 Å². The van der Waals surface area contributed by atoms with Crippen LogP contribution in [0.3, 0.4) is 0 Å². The number of benzene rings is 2. The summed E-state index contributed by atoms with van der Waals surface area (Å²) < 4.78 is 19.1. The minimum absolute atomic E-state index is 0.288. The minimum Gasteiger partial charge on any atom is -0.380 e. The number of anilines is 2. The van der Waals surface area contributed by atoms with Gasteiger partial charge in [-0.1, -0.05) is 0 Å². The number of hydrogen-bond donors (Lipinski definition) is 2. The summed E-state index contributed by atoms with van der Waals surface area (Å²) in [7, 11) is 0. The Kier molecular flexibility index (Phi) is 4.18. The number of halogens is 1. The molecule has 1 fully saturated rings. The molecular formula is C20H17FN4OS. The molecule has 5 nitrogen and oxygen atoms in total. The van der Waals surface area contributed by atoms with Gasteiger partial charge in [0.05, 0.1) is 23.3 Å². The molecular weight excluding hydrogens is 363 g/mol. The summed E-state index contributed by atoms with van der Waals surface area (Å²) in [5, 5.41) is 12.8. The molecule has 0 aliphatic carbocycles. The van der Waals surface area contributed by atoms with Crippen LogP contribution in [-0.2, 0) is 4.74 Å². The molecule has 4 aromatic rings. The van der Waals surface area contributed by atoms with Crippen molar-refractivity contribution >= 4 is 45.1 Å². The first-order valence-corrected chi connectivity index (χ1v) is 9.68. The van der Waals surface area contributed by atoms with Crippen LogP contribution >= 0.6 is 11.8 Å². The van der Waals surface area contributed by atoms with Crippen molar-refractivity contribution in [2.24, 2.45) is 0 Å². The second-order valence-electron chi connectivity index (χ2n) is 6.53. The fraction of sp³-hybridized carbons (Fsp3) is 0.200. The molecule has 1 aliphatic heterocycles. The molecule has 0 radical (unpaired) electrons. The van der Waals surface area contributed by atoms with Gasteiger partial charge in [0.2, 0.25) is 0 Å². The van der Waals surface area contributed by atoms with Crippen LogP contribution in [0.1, 0.15) is 6.42 Å². The fourth-order valence-corrected chi connectivity index (χ4v) is 4.41. The van der Waals surface area contributed by atoms with Gasteiger partial charge in [0.25, 0.3) is 0 Å². The number of aromatic nitrogens is 3. The second-order valence-corrected chi connectivity index (χ2v) is 7.90. The Hall–Kier alpha value is -2.64. The van der Waals surface area contributed by atoms with E-state index in [2.05, 4.69) is 32.6 Å². The van der Waals surface area contributed by atoms with Crippen LogP contribution in [0.5, 0.6) is 0 Å². The summed E-state index contributed by atoms with van der Waals surface area (Å²) in [5.74, 6) is 0.309. The van der Waals surface area contributed by atoms with E-state index < -0.39 is 0 Å². The average molecular weight is 380 g/mol. The fourth-order valence-electron chi connectivity index (χ4n) is 3.32. The van der Waals surface area contributed by atoms with E-state index in [4.69, 9.17) is 4.74 Å². The summed E-state index contributed by atoms with van der Waals surface area (Å²) in [5.41, 5.74) is 2.58. The highest BCUT2D eigenvalue weighted by Gasteiger charge is 2.17. The molecule has 0 saturated carbocycles. The van der Waals surface area contributed by atoms with Crippen molar-refractivity contribution in [3.05, 3.63) is 54.5 Å². The number of fused-ring (bicyclic) bond motifs is 2. The van der Waals surface area contributed by atoms with Gasteiger partial charge in [-0.15, -0.1) is 11.8 Å². The predicted octanol–water partition coefficient (Wildman–Crippen LogP) is 4.87. The molecule has 2 aromatic heterocycles. The largest absolute Gasteiger partial charge is 0.380 e. The van der Waals surface area contributed by atoms with Crippen LogP contribution in [0.15, 0.2) is 53.6 Å². The summed E-state index contributed by atoms with van der Waals surface area (Å²) in [6, 6.07) is 12.8. The molecule has 27 heavy (non-hydrogen) atoms. The molecule has 1 aliphatic rings. The predicted molar refractivity (Wildman–Crippen MR) is 106 cm³/mol. The summed E-state index contributed by atoms with van der Waals surface area (Å²) in [6.45, 7) is 1.63. The lowest BCUT2D eigenvalue weighted by Crippen LogP contribution is -2.00. The van der Waals surface area contributed by atoms with Crippen molar-refractivity contribution in [2.75, 3.05) is 18.5 Å². The molecule has 0 amide bonds. The van der Waals surface area contributed by atoms with Crippen LogP contribution in [0.4, 0.5) is 15.9 Å². The number of nitrogens with one attached hydrogen (secondary N) is 2. The van der Waals surface area contributed by atoms with Crippen LogP contribution < -0.4 is 5.32 Å². The Balaban J connectivity index is 1.52. The number of nitrogens with zero attached hydrogens (tertiary/aromatic N) is 2. The summed E-state index contributed by atoms with van der Waals surface area (Å²) in [6.07, 6.45) is 2.84. The zero-order valence-corrected chi connectivity index (χ0v) is 15.2. The van der Waals surface area contributed by atoms with Gasteiger partial charge in [0.15, 0.2) is 5.82 Å². The van der Waals surface area contributed by atoms with Crippen LogP contribution in [-0.4, -0.2) is 33.6 Å². The topological polar surface area (TPSA) is 62.8 Å². The Morgan fingerprint density at radius 2 is 2.11 bits per heavy atom. The highest BCUT2D eigenvalue weighted by atomic mass is 32.2. The van der Waals surface area contributed by atoms with E-state index >= 15 is 0 Å². The minimum atomic E-state index is -0.288. The van der Waals surface area contributed by atoms with E-state index in [1.807, 2.05) is 23.9 Å². The second kappa shape index (κ2) is 6.83. The lowest BCUT2D eigenvalue weighted by Gasteiger charge is -2.11. The Morgan fingerprint density at radius 1 is 1.15 bits per heavy atom. The maximum Gasteiger partial charge on any atom is 0.160 e. The number of thioether (sulfide) groups is 1. The Morgan fingerprint density at radius 3 is 3.00 bits per heavy atom. The number of rotatable bonds is 4. The van der Waals surface area contributed by atoms with E-state index in [-0.39, 0.29) is 5.82 Å². The third-order valence-corrected chi connectivity index (χ3v) is 5.91. The normalized spacial score (nSPS) is 17.0. The number of H-pyrrole nitrogens is 1. The average Bonchev–Trinajstić information content (AvgIpc) is 3.32. The molecule has 7 heteroatoms. The molecule has 1 saturated heterocycles. The van der Waals surface area contributed by atoms with Gasteiger partial charge in [0, 0.05) is 33.7 Å².